The van der Waals surface area contributed by atoms with Gasteiger partial charge in [-0.25, -0.2) is 9.78 Å². The Morgan fingerprint density at radius 3 is 2.04 bits per heavy atom. The summed E-state index contributed by atoms with van der Waals surface area (Å²) in [7, 11) is 0. The molecular formula is C38H59N5O10S. The number of alkyl carbamates (subject to hydrolysis) is 1. The molecule has 15 nitrogen and oxygen atoms in total. The highest BCUT2D eigenvalue weighted by molar-refractivity contribution is 7.13. The number of amides is 4. The maximum atomic E-state index is 13.8. The third-order valence-corrected chi connectivity index (χ3v) is 9.19. The first-order chi connectivity index (χ1) is 25.5. The van der Waals surface area contributed by atoms with Crippen molar-refractivity contribution in [3.8, 4) is 10.4 Å². The SMILES string of the molecule is Cc1ncsc1-c1ccc(CNC(=O)[C@H]2C[C@H](O)CN2C(=O)[C@H](NC(=O)CCOCCOCCOCCOCCNC(=O)OC(C)(C)C)C(C)(C)C)cc1. The predicted molar refractivity (Wildman–Crippen MR) is 204 cm³/mol. The van der Waals surface area contributed by atoms with Crippen molar-refractivity contribution in [2.75, 3.05) is 65.9 Å². The van der Waals surface area contributed by atoms with E-state index in [-0.39, 0.29) is 51.0 Å². The molecule has 16 heteroatoms. The standard InChI is InChI=1S/C38H59N5O10S/c1-26-32(54-25-41-26)28-10-8-27(9-11-28)23-40-34(46)30-22-29(44)24-43(30)35(47)33(37(2,3)4)42-31(45)12-14-49-16-18-51-20-21-52-19-17-50-15-13-39-36(48)53-38(5,6)7/h8-11,25,29-30,33,44H,12-24H2,1-7H3,(H,39,48)(H,40,46)(H,42,45)/t29-,30+,33-/m0/s1. The number of likely N-dealkylation sites (tertiary alicyclic amines) is 1. The van der Waals surface area contributed by atoms with Gasteiger partial charge in [-0.05, 0) is 44.2 Å². The van der Waals surface area contributed by atoms with Gasteiger partial charge in [-0.3, -0.25) is 14.4 Å². The summed E-state index contributed by atoms with van der Waals surface area (Å²) in [6.07, 6.45) is -1.20. The van der Waals surface area contributed by atoms with E-state index in [1.807, 2.05) is 57.5 Å². The van der Waals surface area contributed by atoms with Gasteiger partial charge in [-0.15, -0.1) is 11.3 Å². The highest BCUT2D eigenvalue weighted by Crippen LogP contribution is 2.28. The predicted octanol–water partition coefficient (Wildman–Crippen LogP) is 3.21. The van der Waals surface area contributed by atoms with Crippen molar-refractivity contribution in [3.63, 3.8) is 0 Å². The quantitative estimate of drug-likeness (QED) is 0.137. The van der Waals surface area contributed by atoms with E-state index in [2.05, 4.69) is 20.9 Å². The lowest BCUT2D eigenvalue weighted by atomic mass is 9.85. The minimum absolute atomic E-state index is 0.000703. The van der Waals surface area contributed by atoms with E-state index < -0.39 is 41.2 Å². The second-order valence-electron chi connectivity index (χ2n) is 15.1. The fourth-order valence-corrected chi connectivity index (χ4v) is 6.29. The number of nitrogens with one attached hydrogen (secondary N) is 3. The molecule has 1 aromatic carbocycles. The van der Waals surface area contributed by atoms with Gasteiger partial charge in [0.05, 0.1) is 75.0 Å². The third kappa shape index (κ3) is 16.0. The van der Waals surface area contributed by atoms with Crippen molar-refractivity contribution in [1.82, 2.24) is 25.8 Å². The van der Waals surface area contributed by atoms with Crippen molar-refractivity contribution < 1.29 is 48.0 Å². The molecule has 4 amide bonds. The average molecular weight is 778 g/mol. The number of rotatable bonds is 21. The van der Waals surface area contributed by atoms with Crippen molar-refractivity contribution >= 4 is 35.2 Å². The van der Waals surface area contributed by atoms with Crippen LogP contribution < -0.4 is 16.0 Å². The second kappa shape index (κ2) is 22.0. The van der Waals surface area contributed by atoms with Crippen molar-refractivity contribution in [1.29, 1.82) is 0 Å². The Morgan fingerprint density at radius 1 is 0.889 bits per heavy atom. The van der Waals surface area contributed by atoms with Crippen LogP contribution in [0.5, 0.6) is 0 Å². The molecule has 4 N–H and O–H groups in total. The molecular weight excluding hydrogens is 719 g/mol. The molecule has 2 aromatic rings. The number of aryl methyl sites for hydroxylation is 1. The van der Waals surface area contributed by atoms with E-state index in [1.165, 1.54) is 4.90 Å². The molecule has 1 saturated heterocycles. The number of nitrogens with zero attached hydrogens (tertiary/aromatic N) is 2. The number of aliphatic hydroxyl groups excluding tert-OH is 1. The molecule has 0 bridgehead atoms. The van der Waals surface area contributed by atoms with Crippen LogP contribution >= 0.6 is 11.3 Å². The van der Waals surface area contributed by atoms with Gasteiger partial charge in [-0.1, -0.05) is 45.0 Å². The first kappa shape index (κ1) is 44.7. The van der Waals surface area contributed by atoms with Gasteiger partial charge < -0.3 is 49.6 Å². The normalized spacial score (nSPS) is 16.6. The van der Waals surface area contributed by atoms with E-state index in [0.717, 1.165) is 21.7 Å². The molecule has 54 heavy (non-hydrogen) atoms. The Balaban J connectivity index is 1.30. The zero-order valence-corrected chi connectivity index (χ0v) is 33.6. The number of aromatic nitrogens is 1. The number of carbonyl (C=O) groups excluding carboxylic acids is 4. The van der Waals surface area contributed by atoms with Crippen LogP contribution in [0, 0.1) is 12.3 Å². The fraction of sp³-hybridized carbons (Fsp3) is 0.658. The molecule has 0 saturated carbocycles. The third-order valence-electron chi connectivity index (χ3n) is 8.22. The summed E-state index contributed by atoms with van der Waals surface area (Å²) in [5.74, 6) is -1.15. The number of aliphatic hydroxyl groups is 1. The van der Waals surface area contributed by atoms with Gasteiger partial charge in [0.2, 0.25) is 17.7 Å². The van der Waals surface area contributed by atoms with Crippen LogP contribution in [0.4, 0.5) is 4.79 Å². The molecule has 302 valence electrons. The molecule has 0 radical (unpaired) electrons. The van der Waals surface area contributed by atoms with Crippen molar-refractivity contribution in [3.05, 3.63) is 41.0 Å². The number of hydrogen-bond acceptors (Lipinski definition) is 12. The number of hydrogen-bond donors (Lipinski definition) is 4. The molecule has 0 aliphatic carbocycles. The molecule has 1 fully saturated rings. The number of carbonyl (C=O) groups is 4. The summed E-state index contributed by atoms with van der Waals surface area (Å²) < 4.78 is 27.0. The molecule has 0 unspecified atom stereocenters. The lowest BCUT2D eigenvalue weighted by molar-refractivity contribution is -0.144. The Morgan fingerprint density at radius 2 is 1.48 bits per heavy atom. The number of ether oxygens (including phenoxy) is 5. The smallest absolute Gasteiger partial charge is 0.407 e. The van der Waals surface area contributed by atoms with Crippen LogP contribution in [-0.2, 0) is 44.6 Å². The monoisotopic (exact) mass is 777 g/mol. The largest absolute Gasteiger partial charge is 0.444 e. The zero-order chi connectivity index (χ0) is 39.7. The molecule has 0 spiro atoms. The maximum absolute atomic E-state index is 13.8. The van der Waals surface area contributed by atoms with Gasteiger partial charge in [0.15, 0.2) is 0 Å². The van der Waals surface area contributed by atoms with Crippen LogP contribution in [0.1, 0.15) is 65.6 Å². The zero-order valence-electron chi connectivity index (χ0n) is 32.7. The molecule has 1 aromatic heterocycles. The van der Waals surface area contributed by atoms with Crippen LogP contribution in [-0.4, -0.2) is 129 Å². The number of benzene rings is 1. The maximum Gasteiger partial charge on any atom is 0.407 e. The summed E-state index contributed by atoms with van der Waals surface area (Å²) in [6.45, 7) is 16.1. The minimum atomic E-state index is -0.920. The van der Waals surface area contributed by atoms with Crippen LogP contribution in [0.15, 0.2) is 29.8 Å². The van der Waals surface area contributed by atoms with Gasteiger partial charge in [-0.2, -0.15) is 0 Å². The number of thiazole rings is 1. The van der Waals surface area contributed by atoms with E-state index >= 15 is 0 Å². The van der Waals surface area contributed by atoms with E-state index in [1.54, 1.807) is 32.1 Å². The van der Waals surface area contributed by atoms with Crippen molar-refractivity contribution in [2.24, 2.45) is 5.41 Å². The Kier molecular flexibility index (Phi) is 18.2. The molecule has 2 heterocycles. The van der Waals surface area contributed by atoms with E-state index in [9.17, 15) is 24.3 Å². The van der Waals surface area contributed by atoms with Crippen LogP contribution in [0.3, 0.4) is 0 Å². The van der Waals surface area contributed by atoms with E-state index in [0.29, 0.717) is 46.2 Å². The van der Waals surface area contributed by atoms with Gasteiger partial charge in [0.25, 0.3) is 0 Å². The topological polar surface area (TPSA) is 187 Å². The average Bonchev–Trinajstić information content (AvgIpc) is 3.71. The van der Waals surface area contributed by atoms with E-state index in [4.69, 9.17) is 23.7 Å². The minimum Gasteiger partial charge on any atom is -0.444 e. The second-order valence-corrected chi connectivity index (χ2v) is 15.9. The molecule has 1 aliphatic heterocycles. The van der Waals surface area contributed by atoms with Crippen molar-refractivity contribution in [2.45, 2.75) is 91.6 Å². The summed E-state index contributed by atoms with van der Waals surface area (Å²) in [4.78, 5) is 58.4. The first-order valence-corrected chi connectivity index (χ1v) is 19.3. The first-order valence-electron chi connectivity index (χ1n) is 18.4. The summed E-state index contributed by atoms with van der Waals surface area (Å²) >= 11 is 1.57. The Bertz CT molecular complexity index is 1470. The molecule has 1 aliphatic rings. The molecule has 3 atom stereocenters. The van der Waals surface area contributed by atoms with Gasteiger partial charge >= 0.3 is 6.09 Å². The Labute approximate surface area is 322 Å². The lowest BCUT2D eigenvalue weighted by Gasteiger charge is -2.35. The lowest BCUT2D eigenvalue weighted by Crippen LogP contribution is -2.57. The summed E-state index contributed by atoms with van der Waals surface area (Å²) in [5, 5.41) is 18.8. The van der Waals surface area contributed by atoms with Gasteiger partial charge in [0, 0.05) is 32.5 Å². The highest BCUT2D eigenvalue weighted by atomic mass is 32.1. The van der Waals surface area contributed by atoms with Gasteiger partial charge in [0.1, 0.15) is 17.7 Å². The van der Waals surface area contributed by atoms with Crippen LogP contribution in [0.2, 0.25) is 0 Å². The highest BCUT2D eigenvalue weighted by Gasteiger charge is 2.44. The summed E-state index contributed by atoms with van der Waals surface area (Å²) in [5.41, 5.74) is 3.52. The molecule has 3 rings (SSSR count). The fourth-order valence-electron chi connectivity index (χ4n) is 5.48. The number of β-amino-alcohol motifs (C(OH)–C–C–N with tert-alkyl or cyclic N) is 1. The Hall–Kier alpha value is -3.67. The van der Waals surface area contributed by atoms with Crippen LogP contribution in [0.25, 0.3) is 10.4 Å². The summed E-state index contributed by atoms with van der Waals surface area (Å²) in [6, 6.07) is 6.08.